The summed E-state index contributed by atoms with van der Waals surface area (Å²) >= 11 is 6.12. The molecule has 130 valence electrons. The fourth-order valence-corrected chi connectivity index (χ4v) is 3.37. The number of rotatable bonds is 3. The molecule has 0 saturated heterocycles. The molecule has 0 spiro atoms. The van der Waals surface area contributed by atoms with Crippen LogP contribution in [0.15, 0.2) is 66.7 Å². The van der Waals surface area contributed by atoms with Crippen LogP contribution in [0.25, 0.3) is 33.1 Å². The van der Waals surface area contributed by atoms with E-state index in [1.807, 2.05) is 54.6 Å². The lowest BCUT2D eigenvalue weighted by Gasteiger charge is -2.12. The van der Waals surface area contributed by atoms with Gasteiger partial charge in [0.1, 0.15) is 5.82 Å². The number of H-pyrrole nitrogens is 1. The number of aromatic nitrogens is 5. The van der Waals surface area contributed by atoms with Gasteiger partial charge in [0.25, 0.3) is 0 Å². The number of pyridine rings is 1. The van der Waals surface area contributed by atoms with E-state index in [4.69, 9.17) is 16.6 Å². The largest absolute Gasteiger partial charge is 0.340 e. The zero-order valence-corrected chi connectivity index (χ0v) is 14.8. The predicted octanol–water partition coefficient (Wildman–Crippen LogP) is 4.97. The Morgan fingerprint density at radius 3 is 2.56 bits per heavy atom. The summed E-state index contributed by atoms with van der Waals surface area (Å²) in [4.78, 5) is 4.86. The SMILES string of the molecule is Clc1cccc(Nc2nc3cc(-c4nnn[nH]4)ccc3c3ccccc23)c1. The van der Waals surface area contributed by atoms with E-state index in [0.29, 0.717) is 10.8 Å². The van der Waals surface area contributed by atoms with Crippen molar-refractivity contribution in [3.8, 4) is 11.4 Å². The van der Waals surface area contributed by atoms with E-state index in [2.05, 4.69) is 38.1 Å². The summed E-state index contributed by atoms with van der Waals surface area (Å²) in [5.74, 6) is 1.38. The van der Waals surface area contributed by atoms with Crippen LogP contribution in [0.3, 0.4) is 0 Å². The molecule has 0 aliphatic rings. The maximum absolute atomic E-state index is 6.12. The molecular formula is C20H13ClN6. The van der Waals surface area contributed by atoms with Gasteiger partial charge < -0.3 is 5.32 Å². The van der Waals surface area contributed by atoms with Crippen molar-refractivity contribution < 1.29 is 0 Å². The Balaban J connectivity index is 1.72. The molecule has 0 atom stereocenters. The number of halogens is 1. The number of anilines is 2. The van der Waals surface area contributed by atoms with E-state index in [-0.39, 0.29) is 0 Å². The molecule has 7 heteroatoms. The van der Waals surface area contributed by atoms with E-state index in [1.54, 1.807) is 0 Å². The van der Waals surface area contributed by atoms with Crippen molar-refractivity contribution >= 4 is 44.8 Å². The number of nitrogens with zero attached hydrogens (tertiary/aromatic N) is 4. The fraction of sp³-hybridized carbons (Fsp3) is 0. The summed E-state index contributed by atoms with van der Waals surface area (Å²) < 4.78 is 0. The van der Waals surface area contributed by atoms with Crippen LogP contribution in [0.5, 0.6) is 0 Å². The third-order valence-electron chi connectivity index (χ3n) is 4.41. The summed E-state index contributed by atoms with van der Waals surface area (Å²) in [5.41, 5.74) is 2.62. The van der Waals surface area contributed by atoms with Gasteiger partial charge in [0.2, 0.25) is 0 Å². The lowest BCUT2D eigenvalue weighted by Crippen LogP contribution is -1.96. The highest BCUT2D eigenvalue weighted by atomic mass is 35.5. The molecule has 0 fully saturated rings. The molecular weight excluding hydrogens is 360 g/mol. The summed E-state index contributed by atoms with van der Waals surface area (Å²) in [5, 5.41) is 21.3. The quantitative estimate of drug-likeness (QED) is 0.437. The van der Waals surface area contributed by atoms with E-state index < -0.39 is 0 Å². The van der Waals surface area contributed by atoms with E-state index in [9.17, 15) is 0 Å². The van der Waals surface area contributed by atoms with E-state index in [1.165, 1.54) is 0 Å². The van der Waals surface area contributed by atoms with Crippen molar-refractivity contribution in [2.45, 2.75) is 0 Å². The number of hydrogen-bond donors (Lipinski definition) is 2. The van der Waals surface area contributed by atoms with Crippen molar-refractivity contribution in [3.63, 3.8) is 0 Å². The van der Waals surface area contributed by atoms with Gasteiger partial charge in [-0.25, -0.2) is 10.1 Å². The molecule has 5 rings (SSSR count). The van der Waals surface area contributed by atoms with Crippen molar-refractivity contribution in [1.29, 1.82) is 0 Å². The second kappa shape index (κ2) is 6.34. The number of benzene rings is 3. The predicted molar refractivity (Wildman–Crippen MR) is 107 cm³/mol. The molecule has 2 aromatic heterocycles. The summed E-state index contributed by atoms with van der Waals surface area (Å²) in [7, 11) is 0. The Bertz CT molecular complexity index is 1270. The van der Waals surface area contributed by atoms with Crippen LogP contribution in [-0.4, -0.2) is 25.6 Å². The first-order valence-electron chi connectivity index (χ1n) is 8.37. The standard InChI is InChI=1S/C20H13ClN6/c21-13-4-3-5-14(11-13)22-20-17-7-2-1-6-15(17)16-9-8-12(10-18(16)23-20)19-24-26-27-25-19/h1-11H,(H,22,23)(H,24,25,26,27). The molecule has 0 unspecified atom stereocenters. The van der Waals surface area contributed by atoms with Gasteiger partial charge in [-0.05, 0) is 40.1 Å². The number of aromatic amines is 1. The minimum absolute atomic E-state index is 0.608. The van der Waals surface area contributed by atoms with Gasteiger partial charge in [-0.2, -0.15) is 0 Å². The minimum Gasteiger partial charge on any atom is -0.340 e. The summed E-state index contributed by atoms with van der Waals surface area (Å²) in [6.45, 7) is 0. The Morgan fingerprint density at radius 2 is 1.74 bits per heavy atom. The van der Waals surface area contributed by atoms with Gasteiger partial charge in [-0.3, -0.25) is 0 Å². The molecule has 0 aliphatic heterocycles. The molecule has 2 heterocycles. The van der Waals surface area contributed by atoms with Crippen LogP contribution < -0.4 is 5.32 Å². The van der Waals surface area contributed by atoms with Gasteiger partial charge >= 0.3 is 0 Å². The number of fused-ring (bicyclic) bond motifs is 3. The first kappa shape index (κ1) is 15.7. The summed E-state index contributed by atoms with van der Waals surface area (Å²) in [6.07, 6.45) is 0. The van der Waals surface area contributed by atoms with Crippen LogP contribution >= 0.6 is 11.6 Å². The molecule has 2 N–H and O–H groups in total. The van der Waals surface area contributed by atoms with Crippen LogP contribution in [0.1, 0.15) is 0 Å². The lowest BCUT2D eigenvalue weighted by molar-refractivity contribution is 0.881. The molecule has 27 heavy (non-hydrogen) atoms. The number of tetrazole rings is 1. The van der Waals surface area contributed by atoms with Crippen molar-refractivity contribution in [2.75, 3.05) is 5.32 Å². The van der Waals surface area contributed by atoms with Gasteiger partial charge in [-0.1, -0.05) is 54.1 Å². The van der Waals surface area contributed by atoms with Gasteiger partial charge in [0.05, 0.1) is 5.52 Å². The highest BCUT2D eigenvalue weighted by molar-refractivity contribution is 6.30. The monoisotopic (exact) mass is 372 g/mol. The molecule has 0 saturated carbocycles. The number of hydrogen-bond acceptors (Lipinski definition) is 5. The fourth-order valence-electron chi connectivity index (χ4n) is 3.18. The van der Waals surface area contributed by atoms with E-state index >= 15 is 0 Å². The van der Waals surface area contributed by atoms with Crippen LogP contribution in [0.2, 0.25) is 5.02 Å². The summed E-state index contributed by atoms with van der Waals surface area (Å²) in [6, 6.07) is 21.8. The first-order valence-corrected chi connectivity index (χ1v) is 8.75. The average Bonchev–Trinajstić information content (AvgIpc) is 3.23. The van der Waals surface area contributed by atoms with Crippen molar-refractivity contribution in [1.82, 2.24) is 25.6 Å². The molecule has 6 nitrogen and oxygen atoms in total. The van der Waals surface area contributed by atoms with Crippen LogP contribution in [0.4, 0.5) is 11.5 Å². The Morgan fingerprint density at radius 1 is 0.852 bits per heavy atom. The Kier molecular flexibility index (Phi) is 3.69. The molecule has 0 bridgehead atoms. The second-order valence-corrected chi connectivity index (χ2v) is 6.56. The van der Waals surface area contributed by atoms with Crippen LogP contribution in [0, 0.1) is 0 Å². The van der Waals surface area contributed by atoms with Crippen molar-refractivity contribution in [3.05, 3.63) is 71.8 Å². The molecule has 0 radical (unpaired) electrons. The highest BCUT2D eigenvalue weighted by Gasteiger charge is 2.11. The molecule has 3 aromatic carbocycles. The van der Waals surface area contributed by atoms with Gasteiger partial charge in [0.15, 0.2) is 5.82 Å². The topological polar surface area (TPSA) is 79.4 Å². The first-order chi connectivity index (χ1) is 13.3. The molecule has 0 aliphatic carbocycles. The maximum atomic E-state index is 6.12. The molecule has 5 aromatic rings. The average molecular weight is 373 g/mol. The lowest BCUT2D eigenvalue weighted by atomic mass is 10.0. The van der Waals surface area contributed by atoms with Crippen LogP contribution in [-0.2, 0) is 0 Å². The molecule has 0 amide bonds. The Hall–Kier alpha value is -3.51. The normalized spacial score (nSPS) is 11.1. The smallest absolute Gasteiger partial charge is 0.179 e. The zero-order chi connectivity index (χ0) is 18.2. The maximum Gasteiger partial charge on any atom is 0.179 e. The number of nitrogens with one attached hydrogen (secondary N) is 2. The third kappa shape index (κ3) is 2.86. The van der Waals surface area contributed by atoms with Crippen molar-refractivity contribution in [2.24, 2.45) is 0 Å². The zero-order valence-electron chi connectivity index (χ0n) is 14.0. The second-order valence-electron chi connectivity index (χ2n) is 6.12. The highest BCUT2D eigenvalue weighted by Crippen LogP contribution is 2.32. The van der Waals surface area contributed by atoms with Gasteiger partial charge in [-0.15, -0.1) is 5.10 Å². The van der Waals surface area contributed by atoms with Gasteiger partial charge in [0, 0.05) is 27.0 Å². The minimum atomic E-state index is 0.608. The van der Waals surface area contributed by atoms with E-state index in [0.717, 1.165) is 38.7 Å². The Labute approximate surface area is 159 Å². The third-order valence-corrected chi connectivity index (χ3v) is 4.64.